The number of rotatable bonds is 49. The largest absolute Gasteiger partial charge is 0.462 e. The summed E-state index contributed by atoms with van der Waals surface area (Å²) < 4.78 is 22.3. The maximum atomic E-state index is 12.9. The van der Waals surface area contributed by atoms with Crippen LogP contribution in [0.5, 0.6) is 0 Å². The number of hydrogen-bond donors (Lipinski definition) is 4. The Balaban J connectivity index is 2.19. The van der Waals surface area contributed by atoms with Gasteiger partial charge in [-0.1, -0.05) is 238 Å². The van der Waals surface area contributed by atoms with E-state index in [-0.39, 0.29) is 32.0 Å². The van der Waals surface area contributed by atoms with Gasteiger partial charge in [-0.05, 0) is 38.5 Å². The first-order chi connectivity index (χ1) is 32.3. The van der Waals surface area contributed by atoms with Crippen molar-refractivity contribution in [1.29, 1.82) is 0 Å². The van der Waals surface area contributed by atoms with E-state index >= 15 is 0 Å². The van der Waals surface area contributed by atoms with Crippen molar-refractivity contribution in [2.45, 2.75) is 314 Å². The summed E-state index contributed by atoms with van der Waals surface area (Å²) in [6.07, 6.45) is 46.6. The number of esters is 2. The van der Waals surface area contributed by atoms with Crippen LogP contribution in [-0.2, 0) is 28.5 Å². The molecule has 1 heterocycles. The molecule has 10 heteroatoms. The van der Waals surface area contributed by atoms with Gasteiger partial charge in [0.05, 0.1) is 13.2 Å². The smallest absolute Gasteiger partial charge is 0.306 e. The van der Waals surface area contributed by atoms with Crippen molar-refractivity contribution in [3.05, 3.63) is 12.2 Å². The normalized spacial score (nSPS) is 19.2. The molecule has 66 heavy (non-hydrogen) atoms. The number of ether oxygens (including phenoxy) is 4. The summed E-state index contributed by atoms with van der Waals surface area (Å²) in [7, 11) is 0. The number of aliphatic hydroxyl groups is 4. The zero-order valence-corrected chi connectivity index (χ0v) is 43.0. The van der Waals surface area contributed by atoms with Crippen LogP contribution in [0.15, 0.2) is 12.2 Å². The van der Waals surface area contributed by atoms with Crippen molar-refractivity contribution in [3.63, 3.8) is 0 Å². The van der Waals surface area contributed by atoms with E-state index in [4.69, 9.17) is 18.9 Å². The Labute approximate surface area is 405 Å². The maximum absolute atomic E-state index is 12.9. The lowest BCUT2D eigenvalue weighted by Gasteiger charge is -2.39. The summed E-state index contributed by atoms with van der Waals surface area (Å²) >= 11 is 0. The lowest BCUT2D eigenvalue weighted by Crippen LogP contribution is -2.59. The van der Waals surface area contributed by atoms with Gasteiger partial charge in [0.15, 0.2) is 12.4 Å². The Morgan fingerprint density at radius 3 is 1.18 bits per heavy atom. The topological polar surface area (TPSA) is 152 Å². The average molecular weight is 939 g/mol. The minimum atomic E-state index is -1.59. The van der Waals surface area contributed by atoms with Crippen molar-refractivity contribution in [3.8, 4) is 0 Å². The highest BCUT2D eigenvalue weighted by molar-refractivity contribution is 5.70. The lowest BCUT2D eigenvalue weighted by atomic mass is 9.99. The van der Waals surface area contributed by atoms with E-state index in [1.807, 2.05) is 0 Å². The SMILES string of the molecule is CCCCCCCCC/C=C\CCCCCCCCCC(=O)OC(COC(=O)CCCCCCCCCCCCCCCCCCCCCCCCC)COC1OC(CO)C(O)C(O)C1O. The Bertz CT molecular complexity index is 1080. The monoisotopic (exact) mass is 939 g/mol. The Kier molecular flexibility index (Phi) is 44.6. The van der Waals surface area contributed by atoms with Crippen LogP contribution in [0, 0.1) is 0 Å². The minimum absolute atomic E-state index is 0.213. The molecule has 6 unspecified atom stereocenters. The zero-order chi connectivity index (χ0) is 48.0. The van der Waals surface area contributed by atoms with Crippen LogP contribution in [0.4, 0.5) is 0 Å². The molecule has 1 fully saturated rings. The highest BCUT2D eigenvalue weighted by atomic mass is 16.7. The van der Waals surface area contributed by atoms with Gasteiger partial charge in [0, 0.05) is 12.8 Å². The highest BCUT2D eigenvalue weighted by Crippen LogP contribution is 2.23. The van der Waals surface area contributed by atoms with Crippen molar-refractivity contribution < 1.29 is 49.0 Å². The standard InChI is InChI=1S/C56H106O10/c1-3-5-7-9-11-13-15-17-19-21-23-24-25-26-27-29-30-32-34-36-38-40-42-44-51(58)63-47-49(48-64-56-55(62)54(61)53(60)50(46-57)66-56)65-52(59)45-43-41-39-37-35-33-31-28-22-20-18-16-14-12-10-8-6-4-2/h20,22,49-50,53-57,60-62H,3-19,21,23-48H2,1-2H3/b22-20-. The first-order valence-electron chi connectivity index (χ1n) is 28.3. The number of allylic oxidation sites excluding steroid dienone is 2. The molecule has 1 aliphatic rings. The molecule has 1 aliphatic heterocycles. The molecular weight excluding hydrogens is 833 g/mol. The Hall–Kier alpha value is -1.56. The molecule has 1 rings (SSSR count). The van der Waals surface area contributed by atoms with Crippen LogP contribution in [-0.4, -0.2) is 89.0 Å². The summed E-state index contributed by atoms with van der Waals surface area (Å²) in [5, 5.41) is 40.3. The van der Waals surface area contributed by atoms with Gasteiger partial charge in [0.25, 0.3) is 0 Å². The molecular formula is C56H106O10. The summed E-state index contributed by atoms with van der Waals surface area (Å²) in [4.78, 5) is 25.5. The number of hydrogen-bond acceptors (Lipinski definition) is 10. The lowest BCUT2D eigenvalue weighted by molar-refractivity contribution is -0.305. The molecule has 390 valence electrons. The summed E-state index contributed by atoms with van der Waals surface area (Å²) in [6.45, 7) is 3.48. The number of carbonyl (C=O) groups is 2. The van der Waals surface area contributed by atoms with Crippen molar-refractivity contribution >= 4 is 11.9 Å². The van der Waals surface area contributed by atoms with Gasteiger partial charge >= 0.3 is 11.9 Å². The first kappa shape index (κ1) is 62.5. The summed E-state index contributed by atoms with van der Waals surface area (Å²) in [6, 6.07) is 0. The third-order valence-electron chi connectivity index (χ3n) is 13.4. The second-order valence-corrected chi connectivity index (χ2v) is 19.7. The molecule has 0 amide bonds. The van der Waals surface area contributed by atoms with Gasteiger partial charge in [-0.2, -0.15) is 0 Å². The summed E-state index contributed by atoms with van der Waals surface area (Å²) in [5.74, 6) is -0.793. The number of carbonyl (C=O) groups excluding carboxylic acids is 2. The third-order valence-corrected chi connectivity index (χ3v) is 13.4. The molecule has 6 atom stereocenters. The van der Waals surface area contributed by atoms with E-state index in [1.165, 1.54) is 199 Å². The van der Waals surface area contributed by atoms with Gasteiger partial charge in [-0.3, -0.25) is 9.59 Å². The number of aliphatic hydroxyl groups excluding tert-OH is 4. The second kappa shape index (κ2) is 47.1. The molecule has 0 spiro atoms. The van der Waals surface area contributed by atoms with Crippen molar-refractivity contribution in [2.75, 3.05) is 19.8 Å². The van der Waals surface area contributed by atoms with Crippen LogP contribution in [0.25, 0.3) is 0 Å². The van der Waals surface area contributed by atoms with Crippen LogP contribution in [0.1, 0.15) is 277 Å². The summed E-state index contributed by atoms with van der Waals surface area (Å²) in [5.41, 5.74) is 0. The van der Waals surface area contributed by atoms with E-state index in [9.17, 15) is 30.0 Å². The van der Waals surface area contributed by atoms with Gasteiger partial charge in [-0.15, -0.1) is 0 Å². The van der Waals surface area contributed by atoms with E-state index < -0.39 is 49.4 Å². The third kappa shape index (κ3) is 37.3. The molecule has 0 saturated carbocycles. The predicted octanol–water partition coefficient (Wildman–Crippen LogP) is 13.8. The molecule has 4 N–H and O–H groups in total. The van der Waals surface area contributed by atoms with E-state index in [2.05, 4.69) is 26.0 Å². The van der Waals surface area contributed by atoms with E-state index in [0.717, 1.165) is 44.9 Å². The van der Waals surface area contributed by atoms with Crippen LogP contribution in [0.3, 0.4) is 0 Å². The van der Waals surface area contributed by atoms with Crippen LogP contribution in [0.2, 0.25) is 0 Å². The fraction of sp³-hybridized carbons (Fsp3) is 0.929. The zero-order valence-electron chi connectivity index (χ0n) is 43.0. The second-order valence-electron chi connectivity index (χ2n) is 19.7. The highest BCUT2D eigenvalue weighted by Gasteiger charge is 2.44. The minimum Gasteiger partial charge on any atom is -0.462 e. The van der Waals surface area contributed by atoms with Crippen molar-refractivity contribution in [1.82, 2.24) is 0 Å². The fourth-order valence-corrected chi connectivity index (χ4v) is 8.95. The van der Waals surface area contributed by atoms with Crippen molar-refractivity contribution in [2.24, 2.45) is 0 Å². The molecule has 1 saturated heterocycles. The Morgan fingerprint density at radius 2 is 0.803 bits per heavy atom. The predicted molar refractivity (Wildman–Crippen MR) is 270 cm³/mol. The Morgan fingerprint density at radius 1 is 0.455 bits per heavy atom. The molecule has 0 radical (unpaired) electrons. The van der Waals surface area contributed by atoms with Gasteiger partial charge in [0.1, 0.15) is 31.0 Å². The average Bonchev–Trinajstić information content (AvgIpc) is 3.32. The fourth-order valence-electron chi connectivity index (χ4n) is 8.95. The van der Waals surface area contributed by atoms with Crippen LogP contribution < -0.4 is 0 Å². The number of unbranched alkanes of at least 4 members (excludes halogenated alkanes) is 36. The molecule has 10 nitrogen and oxygen atoms in total. The maximum Gasteiger partial charge on any atom is 0.306 e. The molecule has 0 aromatic carbocycles. The van der Waals surface area contributed by atoms with Crippen LogP contribution >= 0.6 is 0 Å². The molecule has 0 aromatic heterocycles. The van der Waals surface area contributed by atoms with E-state index in [1.54, 1.807) is 0 Å². The quantitative estimate of drug-likeness (QED) is 0.0263. The molecule has 0 aliphatic carbocycles. The van der Waals surface area contributed by atoms with Gasteiger partial charge in [0.2, 0.25) is 0 Å². The van der Waals surface area contributed by atoms with Gasteiger partial charge < -0.3 is 39.4 Å². The van der Waals surface area contributed by atoms with E-state index in [0.29, 0.717) is 6.42 Å². The molecule has 0 bridgehead atoms. The molecule has 0 aromatic rings. The van der Waals surface area contributed by atoms with Gasteiger partial charge in [-0.25, -0.2) is 0 Å². The first-order valence-corrected chi connectivity index (χ1v) is 28.3.